The maximum absolute atomic E-state index is 11.5. The van der Waals surface area contributed by atoms with Crippen LogP contribution in [0.15, 0.2) is 24.8 Å². The highest BCUT2D eigenvalue weighted by atomic mass is 16.7. The normalized spacial score (nSPS) is 20.1. The zero-order valence-corrected chi connectivity index (χ0v) is 9.44. The molecule has 0 radical (unpaired) electrons. The first-order valence-corrected chi connectivity index (χ1v) is 5.43. The summed E-state index contributed by atoms with van der Waals surface area (Å²) >= 11 is 0. The summed E-state index contributed by atoms with van der Waals surface area (Å²) in [6, 6.07) is 0. The van der Waals surface area contributed by atoms with Gasteiger partial charge < -0.3 is 14.2 Å². The lowest BCUT2D eigenvalue weighted by molar-refractivity contribution is -0.182. The third-order valence-corrected chi connectivity index (χ3v) is 2.18. The largest absolute Gasteiger partial charge is 0.432 e. The predicted octanol–water partition coefficient (Wildman–Crippen LogP) is 1.81. The van der Waals surface area contributed by atoms with E-state index in [-0.39, 0.29) is 6.61 Å². The Bertz CT molecular complexity index is 254. The second-order valence-electron chi connectivity index (χ2n) is 3.61. The van der Waals surface area contributed by atoms with Crippen LogP contribution < -0.4 is 0 Å². The standard InChI is InChI=1S/C12H18O4/c1-3-7-14-9-10(2)12(13)16-11-6-4-5-8-15-11/h3,11H,1-2,4-9H2. The van der Waals surface area contributed by atoms with Crippen LogP contribution in [0.4, 0.5) is 0 Å². The molecular formula is C12H18O4. The highest BCUT2D eigenvalue weighted by Crippen LogP contribution is 2.14. The van der Waals surface area contributed by atoms with Gasteiger partial charge in [0, 0.05) is 6.42 Å². The molecule has 0 N–H and O–H groups in total. The quantitative estimate of drug-likeness (QED) is 0.300. The van der Waals surface area contributed by atoms with Crippen LogP contribution in [0, 0.1) is 0 Å². The lowest BCUT2D eigenvalue weighted by Gasteiger charge is -2.22. The average molecular weight is 226 g/mol. The maximum Gasteiger partial charge on any atom is 0.338 e. The summed E-state index contributed by atoms with van der Waals surface area (Å²) in [5.74, 6) is -0.448. The summed E-state index contributed by atoms with van der Waals surface area (Å²) in [6.07, 6.45) is 4.00. The smallest absolute Gasteiger partial charge is 0.338 e. The van der Waals surface area contributed by atoms with Crippen molar-refractivity contribution in [3.63, 3.8) is 0 Å². The van der Waals surface area contributed by atoms with Crippen LogP contribution in [0.25, 0.3) is 0 Å². The second-order valence-corrected chi connectivity index (χ2v) is 3.61. The Morgan fingerprint density at radius 3 is 2.94 bits per heavy atom. The Labute approximate surface area is 95.9 Å². The molecule has 0 saturated carbocycles. The van der Waals surface area contributed by atoms with Crippen molar-refractivity contribution in [1.29, 1.82) is 0 Å². The molecule has 0 amide bonds. The molecular weight excluding hydrogens is 208 g/mol. The Morgan fingerprint density at radius 2 is 2.31 bits per heavy atom. The van der Waals surface area contributed by atoms with Gasteiger partial charge in [-0.3, -0.25) is 0 Å². The first-order valence-electron chi connectivity index (χ1n) is 5.43. The molecule has 1 fully saturated rings. The minimum Gasteiger partial charge on any atom is -0.432 e. The summed E-state index contributed by atoms with van der Waals surface area (Å²) in [7, 11) is 0. The van der Waals surface area contributed by atoms with Crippen LogP contribution in [0.1, 0.15) is 19.3 Å². The van der Waals surface area contributed by atoms with Gasteiger partial charge in [0.15, 0.2) is 0 Å². The summed E-state index contributed by atoms with van der Waals surface area (Å²) in [4.78, 5) is 11.5. The fourth-order valence-corrected chi connectivity index (χ4v) is 1.33. The molecule has 1 aliphatic rings. The van der Waals surface area contributed by atoms with E-state index < -0.39 is 12.3 Å². The van der Waals surface area contributed by atoms with Crippen molar-refractivity contribution in [1.82, 2.24) is 0 Å². The van der Waals surface area contributed by atoms with Crippen molar-refractivity contribution in [2.75, 3.05) is 19.8 Å². The molecule has 1 atom stereocenters. The van der Waals surface area contributed by atoms with Crippen molar-refractivity contribution in [2.24, 2.45) is 0 Å². The van der Waals surface area contributed by atoms with Crippen molar-refractivity contribution >= 4 is 5.97 Å². The fourth-order valence-electron chi connectivity index (χ4n) is 1.33. The van der Waals surface area contributed by atoms with E-state index in [1.165, 1.54) is 0 Å². The number of carbonyl (C=O) groups excluding carboxylic acids is 1. The van der Waals surface area contributed by atoms with Crippen molar-refractivity contribution in [2.45, 2.75) is 25.6 Å². The number of hydrogen-bond donors (Lipinski definition) is 0. The highest BCUT2D eigenvalue weighted by molar-refractivity contribution is 5.88. The Kier molecular flexibility index (Phi) is 5.82. The highest BCUT2D eigenvalue weighted by Gasteiger charge is 2.19. The number of esters is 1. The lowest BCUT2D eigenvalue weighted by Crippen LogP contribution is -2.26. The molecule has 16 heavy (non-hydrogen) atoms. The van der Waals surface area contributed by atoms with Crippen LogP contribution in [-0.4, -0.2) is 32.1 Å². The summed E-state index contributed by atoms with van der Waals surface area (Å²) in [5.41, 5.74) is 0.302. The van der Waals surface area contributed by atoms with Gasteiger partial charge in [-0.15, -0.1) is 6.58 Å². The molecule has 90 valence electrons. The van der Waals surface area contributed by atoms with E-state index in [0.717, 1.165) is 19.3 Å². The van der Waals surface area contributed by atoms with E-state index >= 15 is 0 Å². The van der Waals surface area contributed by atoms with E-state index in [0.29, 0.717) is 18.8 Å². The molecule has 4 nitrogen and oxygen atoms in total. The van der Waals surface area contributed by atoms with Crippen LogP contribution in [0.5, 0.6) is 0 Å². The lowest BCUT2D eigenvalue weighted by atomic mass is 10.2. The van der Waals surface area contributed by atoms with Gasteiger partial charge >= 0.3 is 5.97 Å². The number of carbonyl (C=O) groups is 1. The fraction of sp³-hybridized carbons (Fsp3) is 0.583. The molecule has 1 unspecified atom stereocenters. The van der Waals surface area contributed by atoms with Crippen molar-refractivity contribution in [3.05, 3.63) is 24.8 Å². The molecule has 0 bridgehead atoms. The van der Waals surface area contributed by atoms with Crippen molar-refractivity contribution in [3.8, 4) is 0 Å². The molecule has 0 spiro atoms. The van der Waals surface area contributed by atoms with Gasteiger partial charge in [-0.05, 0) is 12.8 Å². The first kappa shape index (κ1) is 12.9. The van der Waals surface area contributed by atoms with E-state index in [1.54, 1.807) is 6.08 Å². The molecule has 0 aromatic heterocycles. The first-order chi connectivity index (χ1) is 7.74. The zero-order valence-electron chi connectivity index (χ0n) is 9.44. The molecule has 1 heterocycles. The maximum atomic E-state index is 11.5. The Balaban J connectivity index is 2.22. The molecule has 0 aromatic carbocycles. The number of rotatable bonds is 6. The Morgan fingerprint density at radius 1 is 1.50 bits per heavy atom. The van der Waals surface area contributed by atoms with Gasteiger partial charge in [-0.1, -0.05) is 12.7 Å². The van der Waals surface area contributed by atoms with E-state index in [2.05, 4.69) is 13.2 Å². The second kappa shape index (κ2) is 7.19. The summed E-state index contributed by atoms with van der Waals surface area (Å²) in [6.45, 7) is 8.32. The Hall–Kier alpha value is -1.13. The molecule has 0 aliphatic carbocycles. The van der Waals surface area contributed by atoms with Crippen molar-refractivity contribution < 1.29 is 19.0 Å². The third-order valence-electron chi connectivity index (χ3n) is 2.18. The zero-order chi connectivity index (χ0) is 11.8. The molecule has 4 heteroatoms. The van der Waals surface area contributed by atoms with Gasteiger partial charge in [-0.25, -0.2) is 4.79 Å². The topological polar surface area (TPSA) is 44.8 Å². The van der Waals surface area contributed by atoms with Gasteiger partial charge in [0.1, 0.15) is 0 Å². The average Bonchev–Trinajstić information content (AvgIpc) is 2.30. The van der Waals surface area contributed by atoms with Gasteiger partial charge in [-0.2, -0.15) is 0 Å². The third kappa shape index (κ3) is 4.59. The minimum absolute atomic E-state index is 0.164. The molecule has 1 saturated heterocycles. The van der Waals surface area contributed by atoms with E-state index in [1.807, 2.05) is 0 Å². The SMILES string of the molecule is C=CCOCC(=C)C(=O)OC1CCCCO1. The monoisotopic (exact) mass is 226 g/mol. The number of hydrogen-bond acceptors (Lipinski definition) is 4. The molecule has 0 aromatic rings. The van der Waals surface area contributed by atoms with Crippen LogP contribution in [0.2, 0.25) is 0 Å². The van der Waals surface area contributed by atoms with E-state index in [4.69, 9.17) is 14.2 Å². The van der Waals surface area contributed by atoms with Gasteiger partial charge in [0.05, 0.1) is 25.4 Å². The summed E-state index contributed by atoms with van der Waals surface area (Å²) < 4.78 is 15.5. The van der Waals surface area contributed by atoms with Gasteiger partial charge in [0.2, 0.25) is 6.29 Å². The predicted molar refractivity (Wildman–Crippen MR) is 59.8 cm³/mol. The minimum atomic E-state index is -0.448. The van der Waals surface area contributed by atoms with Crippen LogP contribution in [0.3, 0.4) is 0 Å². The van der Waals surface area contributed by atoms with Gasteiger partial charge in [0.25, 0.3) is 0 Å². The molecule has 1 aliphatic heterocycles. The van der Waals surface area contributed by atoms with E-state index in [9.17, 15) is 4.79 Å². The number of ether oxygens (including phenoxy) is 3. The summed E-state index contributed by atoms with van der Waals surface area (Å²) in [5, 5.41) is 0. The van der Waals surface area contributed by atoms with Crippen LogP contribution >= 0.6 is 0 Å². The van der Waals surface area contributed by atoms with Crippen LogP contribution in [-0.2, 0) is 19.0 Å². The molecule has 1 rings (SSSR count).